The Morgan fingerprint density at radius 3 is 1.15 bits per heavy atom. The third-order valence-corrected chi connectivity index (χ3v) is 12.1. The highest BCUT2D eigenvalue weighted by atomic mass is 16.6. The topological polar surface area (TPSA) is 145 Å². The van der Waals surface area contributed by atoms with Gasteiger partial charge in [0.2, 0.25) is 33.4 Å². The smallest absolute Gasteiger partial charge is 0.414 e. The zero-order valence-corrected chi connectivity index (χ0v) is 41.1. The Labute approximate surface area is 399 Å². The third-order valence-electron chi connectivity index (χ3n) is 12.1. The van der Waals surface area contributed by atoms with Crippen molar-refractivity contribution in [2.45, 2.75) is 106 Å². The van der Waals surface area contributed by atoms with Crippen molar-refractivity contribution < 1.29 is 28.2 Å². The molecular weight excluding hydrogens is 849 g/mol. The predicted molar refractivity (Wildman–Crippen MR) is 275 cm³/mol. The molecule has 0 aliphatic rings. The summed E-state index contributed by atoms with van der Waals surface area (Å²) >= 11 is 0. The number of aryl methyl sites for hydroxylation is 4. The molecule has 6 aromatic carbocycles. The van der Waals surface area contributed by atoms with Crippen LogP contribution in [-0.2, 0) is 9.47 Å². The lowest BCUT2D eigenvalue weighted by atomic mass is 10.1. The van der Waals surface area contributed by atoms with E-state index in [1.807, 2.05) is 154 Å². The van der Waals surface area contributed by atoms with Crippen LogP contribution in [-0.4, -0.2) is 46.4 Å². The number of nitrogens with zero attached hydrogens (tertiary/aromatic N) is 6. The van der Waals surface area contributed by atoms with Gasteiger partial charge in [0.05, 0.1) is 11.4 Å². The lowest BCUT2D eigenvalue weighted by molar-refractivity contribution is -0.538. The van der Waals surface area contributed by atoms with E-state index in [1.54, 1.807) is 9.80 Å². The van der Waals surface area contributed by atoms with E-state index >= 15 is 0 Å². The maximum Gasteiger partial charge on any atom is 0.414 e. The number of hydrogen-bond acceptors (Lipinski definition) is 8. The van der Waals surface area contributed by atoms with Crippen molar-refractivity contribution in [1.29, 1.82) is 0 Å². The summed E-state index contributed by atoms with van der Waals surface area (Å²) in [5.41, 5.74) is 26.7. The Kier molecular flexibility index (Phi) is 13.0. The van der Waals surface area contributed by atoms with Crippen LogP contribution in [0.2, 0.25) is 0 Å². The number of unbranched alkanes of at least 4 members (excludes halogenated alkanes) is 3. The number of ether oxygens (including phenoxy) is 2. The SMILES string of the molecule is Cc1cc2nc3cc(C)c(N(CCCCCCN(C(=O)OC(C)(C)C)c4cc5c(cc4C)nc4cc(C)c(N)cc4[n+]5-c4ccccc4)C(=O)OC(C)(C)C)cc3[n+](-c3ccccc3)c2cc1N. The standard InChI is InChI=1S/C56H62N8O4/c1-35-27-43-49(31-41(35)57)63(39-21-15-13-16-22-39)51-33-47(37(3)29-45(51)59-43)61(53(65)67-55(5,6)7)25-19-11-12-20-26-62(54(66)68-56(8,9)10)48-34-52-46(30-38(48)4)60-44-28-36(2)42(58)32-50(44)64(52)40-23-17-14-18-24-40/h13-18,21-24,27-34,57-58H,11-12,19-20,25-26H2,1-10H3/p+2. The number of carbonyl (C=O) groups is 2. The van der Waals surface area contributed by atoms with Crippen molar-refractivity contribution in [3.05, 3.63) is 131 Å². The van der Waals surface area contributed by atoms with Crippen molar-refractivity contribution in [3.63, 3.8) is 0 Å². The normalized spacial score (nSPS) is 12.0. The van der Waals surface area contributed by atoms with Gasteiger partial charge in [0, 0.05) is 73.0 Å². The highest BCUT2D eigenvalue weighted by molar-refractivity contribution is 5.95. The van der Waals surface area contributed by atoms with Crippen LogP contribution in [0, 0.1) is 27.7 Å². The number of nitrogen functional groups attached to an aromatic ring is 2. The number of amides is 2. The second-order valence-electron chi connectivity index (χ2n) is 19.9. The fourth-order valence-corrected chi connectivity index (χ4v) is 8.77. The van der Waals surface area contributed by atoms with Gasteiger partial charge in [-0.2, -0.15) is 0 Å². The maximum absolute atomic E-state index is 14.2. The average Bonchev–Trinajstić information content (AvgIpc) is 3.26. The summed E-state index contributed by atoms with van der Waals surface area (Å²) in [6.45, 7) is 20.1. The van der Waals surface area contributed by atoms with E-state index in [1.165, 1.54) is 0 Å². The minimum atomic E-state index is -0.709. The van der Waals surface area contributed by atoms with Gasteiger partial charge >= 0.3 is 12.2 Å². The van der Waals surface area contributed by atoms with Gasteiger partial charge in [-0.05, 0) is 129 Å². The summed E-state index contributed by atoms with van der Waals surface area (Å²) in [6.07, 6.45) is 2.14. The molecule has 2 amide bonds. The lowest BCUT2D eigenvalue weighted by Crippen LogP contribution is -2.39. The van der Waals surface area contributed by atoms with E-state index in [0.717, 1.165) is 102 Å². The molecule has 12 heteroatoms. The number of hydrogen-bond donors (Lipinski definition) is 2. The lowest BCUT2D eigenvalue weighted by Gasteiger charge is -2.29. The Balaban J connectivity index is 1.09. The first-order chi connectivity index (χ1) is 32.3. The first-order valence-corrected chi connectivity index (χ1v) is 23.5. The van der Waals surface area contributed by atoms with E-state index in [9.17, 15) is 9.59 Å². The Bertz CT molecular complexity index is 3000. The third kappa shape index (κ3) is 10.00. The molecule has 8 aromatic rings. The van der Waals surface area contributed by atoms with Crippen LogP contribution in [0.5, 0.6) is 0 Å². The molecule has 2 aromatic heterocycles. The Morgan fingerprint density at radius 2 is 0.809 bits per heavy atom. The number of benzene rings is 6. The van der Waals surface area contributed by atoms with Crippen molar-refractivity contribution in [3.8, 4) is 11.4 Å². The summed E-state index contributed by atoms with van der Waals surface area (Å²) in [7, 11) is 0. The number of aromatic nitrogens is 4. The molecule has 12 nitrogen and oxygen atoms in total. The molecule has 0 spiro atoms. The first kappa shape index (κ1) is 47.2. The number of rotatable bonds is 11. The molecule has 0 bridgehead atoms. The second-order valence-corrected chi connectivity index (χ2v) is 19.9. The van der Waals surface area contributed by atoms with Crippen molar-refractivity contribution in [2.75, 3.05) is 34.4 Å². The summed E-state index contributed by atoms with van der Waals surface area (Å²) in [5.74, 6) is 0. The van der Waals surface area contributed by atoms with Crippen LogP contribution in [0.15, 0.2) is 109 Å². The number of para-hydroxylation sites is 2. The van der Waals surface area contributed by atoms with E-state index in [-0.39, 0.29) is 0 Å². The predicted octanol–water partition coefficient (Wildman–Crippen LogP) is 11.8. The summed E-state index contributed by atoms with van der Waals surface area (Å²) < 4.78 is 16.4. The molecule has 0 saturated carbocycles. The zero-order valence-electron chi connectivity index (χ0n) is 41.1. The van der Waals surface area contributed by atoms with E-state index in [4.69, 9.17) is 30.9 Å². The van der Waals surface area contributed by atoms with Gasteiger partial charge in [-0.3, -0.25) is 9.80 Å². The minimum absolute atomic E-state index is 0.420. The fourth-order valence-electron chi connectivity index (χ4n) is 8.77. The molecule has 0 aliphatic carbocycles. The summed E-state index contributed by atoms with van der Waals surface area (Å²) in [5, 5.41) is 0. The Hall–Kier alpha value is -7.34. The van der Waals surface area contributed by atoms with Crippen LogP contribution in [0.3, 0.4) is 0 Å². The molecule has 2 heterocycles. The zero-order chi connectivity index (χ0) is 48.7. The van der Waals surface area contributed by atoms with Gasteiger partial charge in [-0.25, -0.2) is 19.6 Å². The average molecular weight is 913 g/mol. The highest BCUT2D eigenvalue weighted by Crippen LogP contribution is 2.32. The van der Waals surface area contributed by atoms with Crippen LogP contribution < -0.4 is 30.4 Å². The van der Waals surface area contributed by atoms with Gasteiger partial charge in [0.1, 0.15) is 33.3 Å². The molecule has 0 aliphatic heterocycles. The van der Waals surface area contributed by atoms with Gasteiger partial charge in [0.25, 0.3) is 0 Å². The number of nitrogens with two attached hydrogens (primary N) is 2. The first-order valence-electron chi connectivity index (χ1n) is 23.5. The van der Waals surface area contributed by atoms with Crippen LogP contribution in [0.4, 0.5) is 32.3 Å². The molecule has 0 atom stereocenters. The highest BCUT2D eigenvalue weighted by Gasteiger charge is 2.30. The van der Waals surface area contributed by atoms with Gasteiger partial charge in [0.15, 0.2) is 0 Å². The van der Waals surface area contributed by atoms with Crippen LogP contribution in [0.1, 0.15) is 89.5 Å². The molecule has 4 N–H and O–H groups in total. The number of fused-ring (bicyclic) bond motifs is 4. The number of carbonyl (C=O) groups excluding carboxylic acids is 2. The summed E-state index contributed by atoms with van der Waals surface area (Å²) in [6, 6.07) is 36.4. The molecule has 350 valence electrons. The van der Waals surface area contributed by atoms with Crippen molar-refractivity contribution >= 4 is 79.1 Å². The quantitative estimate of drug-likeness (QED) is 0.0565. The van der Waals surface area contributed by atoms with Gasteiger partial charge < -0.3 is 20.9 Å². The molecule has 8 rings (SSSR count). The van der Waals surface area contributed by atoms with E-state index < -0.39 is 23.4 Å². The molecule has 68 heavy (non-hydrogen) atoms. The van der Waals surface area contributed by atoms with Crippen LogP contribution in [0.25, 0.3) is 55.5 Å². The van der Waals surface area contributed by atoms with Crippen molar-refractivity contribution in [2.24, 2.45) is 0 Å². The second kappa shape index (κ2) is 18.7. The largest absolute Gasteiger partial charge is 0.443 e. The van der Waals surface area contributed by atoms with Gasteiger partial charge in [-0.15, -0.1) is 9.13 Å². The molecule has 0 radical (unpaired) electrons. The van der Waals surface area contributed by atoms with E-state index in [2.05, 4.69) is 33.4 Å². The summed E-state index contributed by atoms with van der Waals surface area (Å²) in [4.78, 5) is 42.1. The molecule has 0 saturated heterocycles. The maximum atomic E-state index is 14.2. The number of anilines is 4. The van der Waals surface area contributed by atoms with Gasteiger partial charge in [-0.1, -0.05) is 49.2 Å². The van der Waals surface area contributed by atoms with E-state index in [0.29, 0.717) is 37.3 Å². The molecular formula is C56H64N8O4+2. The van der Waals surface area contributed by atoms with Crippen molar-refractivity contribution in [1.82, 2.24) is 9.97 Å². The van der Waals surface area contributed by atoms with Crippen LogP contribution >= 0.6 is 0 Å². The fraction of sp³-hybridized carbons (Fsp3) is 0.321. The molecule has 0 fully saturated rings. The molecule has 0 unspecified atom stereocenters. The monoisotopic (exact) mass is 913 g/mol. The Morgan fingerprint density at radius 1 is 0.485 bits per heavy atom. The minimum Gasteiger partial charge on any atom is -0.443 e.